The van der Waals surface area contributed by atoms with Crippen molar-refractivity contribution in [3.63, 3.8) is 0 Å². The molecule has 140 valence electrons. The van der Waals surface area contributed by atoms with Gasteiger partial charge in [0.15, 0.2) is 0 Å². The fraction of sp³-hybridized carbons (Fsp3) is 0.412. The number of non-ortho nitro benzene ring substituents is 1. The van der Waals surface area contributed by atoms with Crippen LogP contribution >= 0.6 is 0 Å². The van der Waals surface area contributed by atoms with Crippen LogP contribution in [0.5, 0.6) is 0 Å². The average molecular weight is 361 g/mol. The molecule has 0 aliphatic carbocycles. The zero-order valence-electron chi connectivity index (χ0n) is 14.9. The molecule has 0 radical (unpaired) electrons. The Morgan fingerprint density at radius 2 is 1.73 bits per heavy atom. The lowest BCUT2D eigenvalue weighted by Gasteiger charge is -2.12. The number of anilines is 1. The highest BCUT2D eigenvalue weighted by Crippen LogP contribution is 2.11. The molecule has 0 atom stereocenters. The second-order valence-corrected chi connectivity index (χ2v) is 5.97. The van der Waals surface area contributed by atoms with Crippen LogP contribution in [0, 0.1) is 10.1 Å². The van der Waals surface area contributed by atoms with E-state index in [0.29, 0.717) is 12.4 Å². The molecule has 2 rings (SSSR count). The van der Waals surface area contributed by atoms with Crippen molar-refractivity contribution in [3.05, 3.63) is 66.8 Å². The van der Waals surface area contributed by atoms with Crippen molar-refractivity contribution >= 4 is 11.5 Å². The van der Waals surface area contributed by atoms with Crippen LogP contribution in [-0.2, 0) is 20.5 Å². The fourth-order valence-electron chi connectivity index (χ4n) is 2.47. The van der Waals surface area contributed by atoms with E-state index >= 15 is 0 Å². The molecular weight excluding hydrogens is 338 g/mol. The Morgan fingerprint density at radius 1 is 1.04 bits per heavy atom. The summed E-state index contributed by atoms with van der Waals surface area (Å²) in [7, 11) is 3.07. The third kappa shape index (κ3) is 5.03. The van der Waals surface area contributed by atoms with Crippen LogP contribution in [0.25, 0.3) is 0 Å². The first-order valence-corrected chi connectivity index (χ1v) is 8.35. The number of nitrogens with zero attached hydrogens (tertiary/aromatic N) is 3. The molecule has 0 saturated carbocycles. The number of hydrogen-bond acceptors (Lipinski definition) is 6. The van der Waals surface area contributed by atoms with Crippen LogP contribution in [0.15, 0.2) is 39.9 Å². The van der Waals surface area contributed by atoms with Crippen molar-refractivity contribution in [2.24, 2.45) is 14.1 Å². The third-order valence-corrected chi connectivity index (χ3v) is 4.10. The minimum absolute atomic E-state index is 0.0953. The highest BCUT2D eigenvalue weighted by Gasteiger charge is 2.05. The van der Waals surface area contributed by atoms with Crippen molar-refractivity contribution in [2.75, 3.05) is 25.0 Å². The van der Waals surface area contributed by atoms with Gasteiger partial charge in [0.1, 0.15) is 5.82 Å². The molecule has 0 amide bonds. The predicted molar refractivity (Wildman–Crippen MR) is 99.7 cm³/mol. The molecular formula is C17H23N5O4. The molecule has 2 N–H and O–H groups in total. The normalized spacial score (nSPS) is 10.7. The molecule has 0 spiro atoms. The summed E-state index contributed by atoms with van der Waals surface area (Å²) >= 11 is 0. The van der Waals surface area contributed by atoms with Crippen molar-refractivity contribution < 1.29 is 4.92 Å². The minimum atomic E-state index is -0.409. The molecule has 0 saturated heterocycles. The van der Waals surface area contributed by atoms with Gasteiger partial charge in [0.05, 0.1) is 4.92 Å². The Hall–Kier alpha value is -2.94. The summed E-state index contributed by atoms with van der Waals surface area (Å²) in [6, 6.07) is 7.94. The summed E-state index contributed by atoms with van der Waals surface area (Å²) in [6.45, 7) is 2.17. The second-order valence-electron chi connectivity index (χ2n) is 5.97. The van der Waals surface area contributed by atoms with Gasteiger partial charge in [-0.05, 0) is 31.5 Å². The lowest BCUT2D eigenvalue weighted by Crippen LogP contribution is -2.37. The van der Waals surface area contributed by atoms with Crippen molar-refractivity contribution in [1.82, 2.24) is 14.5 Å². The van der Waals surface area contributed by atoms with Crippen molar-refractivity contribution in [3.8, 4) is 0 Å². The molecule has 0 bridgehead atoms. The van der Waals surface area contributed by atoms with Crippen LogP contribution < -0.4 is 21.9 Å². The maximum Gasteiger partial charge on any atom is 0.332 e. The summed E-state index contributed by atoms with van der Waals surface area (Å²) in [4.78, 5) is 33.6. The van der Waals surface area contributed by atoms with Crippen molar-refractivity contribution in [1.29, 1.82) is 0 Å². The summed E-state index contributed by atoms with van der Waals surface area (Å²) < 4.78 is 2.47. The van der Waals surface area contributed by atoms with Crippen LogP contribution in [-0.4, -0.2) is 33.7 Å². The Morgan fingerprint density at radius 3 is 2.38 bits per heavy atom. The van der Waals surface area contributed by atoms with Crippen molar-refractivity contribution in [2.45, 2.75) is 12.8 Å². The molecule has 1 aromatic heterocycles. The van der Waals surface area contributed by atoms with E-state index in [1.54, 1.807) is 19.2 Å². The number of aromatic nitrogens is 2. The van der Waals surface area contributed by atoms with E-state index < -0.39 is 4.92 Å². The first-order valence-electron chi connectivity index (χ1n) is 8.35. The molecule has 26 heavy (non-hydrogen) atoms. The smallest absolute Gasteiger partial charge is 0.332 e. The van der Waals surface area contributed by atoms with E-state index in [-0.39, 0.29) is 16.9 Å². The first kappa shape index (κ1) is 19.4. The minimum Gasteiger partial charge on any atom is -0.371 e. The monoisotopic (exact) mass is 361 g/mol. The van der Waals surface area contributed by atoms with Gasteiger partial charge in [0.2, 0.25) is 0 Å². The highest BCUT2D eigenvalue weighted by molar-refractivity contribution is 5.34. The third-order valence-electron chi connectivity index (χ3n) is 4.10. The number of hydrogen-bond donors (Lipinski definition) is 2. The number of nitrogens with one attached hydrogen (secondary N) is 2. The summed E-state index contributed by atoms with van der Waals surface area (Å²) in [5, 5.41) is 17.0. The maximum atomic E-state index is 11.8. The number of nitro benzene ring substituents is 1. The van der Waals surface area contributed by atoms with E-state index in [4.69, 9.17) is 0 Å². The lowest BCUT2D eigenvalue weighted by molar-refractivity contribution is -0.384. The zero-order valence-corrected chi connectivity index (χ0v) is 14.9. The van der Waals surface area contributed by atoms with Crippen LogP contribution in [0.1, 0.15) is 12.0 Å². The van der Waals surface area contributed by atoms with Gasteiger partial charge in [-0.15, -0.1) is 0 Å². The van der Waals surface area contributed by atoms with Crippen LogP contribution in [0.2, 0.25) is 0 Å². The SMILES string of the molecule is Cn1c(NCCCNCCc2ccc([N+](=O)[O-])cc2)cc(=O)n(C)c1=O. The standard InChI is InChI=1S/C17H23N5O4/c1-20-15(12-16(23)21(2)17(20)24)19-10-3-9-18-11-8-13-4-6-14(7-5-13)22(25)26/h4-7,12,18-19H,3,8-11H2,1-2H3. The van der Waals surface area contributed by atoms with E-state index in [9.17, 15) is 19.7 Å². The Kier molecular flexibility index (Phi) is 6.67. The molecule has 1 heterocycles. The predicted octanol–water partition coefficient (Wildman–Crippen LogP) is 0.627. The summed E-state index contributed by atoms with van der Waals surface area (Å²) in [5.41, 5.74) is 0.437. The van der Waals surface area contributed by atoms with E-state index in [1.165, 1.54) is 29.8 Å². The topological polar surface area (TPSA) is 111 Å². The summed E-state index contributed by atoms with van der Waals surface area (Å²) in [5.74, 6) is 0.504. The van der Waals surface area contributed by atoms with Gasteiger partial charge in [-0.2, -0.15) is 0 Å². The Labute approximate surface area is 150 Å². The molecule has 0 aliphatic rings. The van der Waals surface area contributed by atoms with E-state index in [2.05, 4.69) is 10.6 Å². The quantitative estimate of drug-likeness (QED) is 0.385. The molecule has 0 unspecified atom stereocenters. The van der Waals surface area contributed by atoms with Gasteiger partial charge in [0.25, 0.3) is 11.2 Å². The first-order chi connectivity index (χ1) is 12.4. The van der Waals surface area contributed by atoms with E-state index in [1.807, 2.05) is 0 Å². The van der Waals surface area contributed by atoms with Gasteiger partial charge in [-0.25, -0.2) is 4.79 Å². The average Bonchev–Trinajstić information content (AvgIpc) is 2.63. The maximum absolute atomic E-state index is 11.8. The van der Waals surface area contributed by atoms with Crippen LogP contribution in [0.4, 0.5) is 11.5 Å². The summed E-state index contributed by atoms with van der Waals surface area (Å²) in [6.07, 6.45) is 1.61. The lowest BCUT2D eigenvalue weighted by atomic mass is 10.1. The molecule has 9 heteroatoms. The fourth-order valence-corrected chi connectivity index (χ4v) is 2.47. The molecule has 2 aromatic rings. The number of nitro groups is 1. The Balaban J connectivity index is 1.68. The zero-order chi connectivity index (χ0) is 19.1. The van der Waals surface area contributed by atoms with Gasteiger partial charge < -0.3 is 10.6 Å². The van der Waals surface area contributed by atoms with Gasteiger partial charge in [-0.3, -0.25) is 24.0 Å². The number of benzene rings is 1. The van der Waals surface area contributed by atoms with Gasteiger partial charge in [0, 0.05) is 38.8 Å². The molecule has 9 nitrogen and oxygen atoms in total. The largest absolute Gasteiger partial charge is 0.371 e. The second kappa shape index (κ2) is 8.95. The molecule has 0 aliphatic heterocycles. The Bertz CT molecular complexity index is 870. The van der Waals surface area contributed by atoms with E-state index in [0.717, 1.165) is 36.1 Å². The molecule has 1 aromatic carbocycles. The van der Waals surface area contributed by atoms with Gasteiger partial charge in [-0.1, -0.05) is 12.1 Å². The highest BCUT2D eigenvalue weighted by atomic mass is 16.6. The number of rotatable bonds is 9. The molecule has 0 fully saturated rings. The van der Waals surface area contributed by atoms with Gasteiger partial charge >= 0.3 is 5.69 Å². The van der Waals surface area contributed by atoms with Crippen LogP contribution in [0.3, 0.4) is 0 Å².